The zero-order valence-electron chi connectivity index (χ0n) is 17.4. The summed E-state index contributed by atoms with van der Waals surface area (Å²) >= 11 is 0. The molecule has 3 rings (SSSR count). The average Bonchev–Trinajstić information content (AvgIpc) is 2.76. The van der Waals surface area contributed by atoms with Crippen LogP contribution in [0.4, 0.5) is 0 Å². The second-order valence-electron chi connectivity index (χ2n) is 7.34. The average molecular weight is 516 g/mol. The quantitative estimate of drug-likeness (QED) is 0.280. The minimum atomic E-state index is -0.0976. The van der Waals surface area contributed by atoms with Crippen molar-refractivity contribution >= 4 is 35.9 Å². The van der Waals surface area contributed by atoms with Gasteiger partial charge in [-0.25, -0.2) is 0 Å². The third-order valence-electron chi connectivity index (χ3n) is 5.59. The van der Waals surface area contributed by atoms with Crippen LogP contribution in [0.5, 0.6) is 0 Å². The Kier molecular flexibility index (Phi) is 10.2. The molecule has 0 unspecified atom stereocenters. The molecule has 0 saturated carbocycles. The van der Waals surface area contributed by atoms with Gasteiger partial charge in [0.2, 0.25) is 0 Å². The molecule has 1 aromatic carbocycles. The number of carbonyl (C=O) groups excluding carboxylic acids is 1. The largest absolute Gasteiger partial charge is 0.469 e. The van der Waals surface area contributed by atoms with Crippen LogP contribution in [0.15, 0.2) is 29.3 Å². The van der Waals surface area contributed by atoms with E-state index in [9.17, 15) is 4.79 Å². The van der Waals surface area contributed by atoms with Crippen LogP contribution < -0.4 is 5.32 Å². The van der Waals surface area contributed by atoms with Gasteiger partial charge in [0.1, 0.15) is 0 Å². The second kappa shape index (κ2) is 12.3. The number of methoxy groups -OCH3 is 1. The number of hydrogen-bond donors (Lipinski definition) is 1. The van der Waals surface area contributed by atoms with Gasteiger partial charge in [0.15, 0.2) is 5.96 Å². The van der Waals surface area contributed by atoms with Crippen LogP contribution in [-0.4, -0.2) is 75.3 Å². The monoisotopic (exact) mass is 516 g/mol. The Labute approximate surface area is 190 Å². The molecule has 0 bridgehead atoms. The van der Waals surface area contributed by atoms with Crippen LogP contribution in [0.3, 0.4) is 0 Å². The fraction of sp³-hybridized carbons (Fsp3) is 0.619. The Morgan fingerprint density at radius 2 is 1.83 bits per heavy atom. The summed E-state index contributed by atoms with van der Waals surface area (Å²) in [5, 5.41) is 3.51. The van der Waals surface area contributed by atoms with Gasteiger partial charge in [0, 0.05) is 46.3 Å². The topological polar surface area (TPSA) is 66.4 Å². The molecule has 2 aliphatic rings. The molecule has 0 spiro atoms. The summed E-state index contributed by atoms with van der Waals surface area (Å²) in [6.45, 7) is 6.92. The molecule has 0 radical (unpaired) electrons. The molecule has 0 aromatic heterocycles. The van der Waals surface area contributed by atoms with Crippen molar-refractivity contribution < 1.29 is 14.3 Å². The number of carbonyl (C=O) groups is 1. The van der Waals surface area contributed by atoms with Crippen molar-refractivity contribution in [1.82, 2.24) is 15.1 Å². The lowest BCUT2D eigenvalue weighted by Crippen LogP contribution is -2.46. The summed E-state index contributed by atoms with van der Waals surface area (Å²) in [7, 11) is 3.28. The Morgan fingerprint density at radius 1 is 1.17 bits per heavy atom. The van der Waals surface area contributed by atoms with Gasteiger partial charge in [0.25, 0.3) is 0 Å². The Bertz CT molecular complexity index is 672. The number of halogens is 1. The van der Waals surface area contributed by atoms with Crippen molar-refractivity contribution in [1.29, 1.82) is 0 Å². The van der Waals surface area contributed by atoms with Crippen molar-refractivity contribution in [2.45, 2.75) is 25.9 Å². The standard InChI is InChI=1S/C21H32N4O3.HI/c1-22-21(25-9-7-17(8-10-25)20(26)27-2)23-15-18-5-3-4-6-19(18)16-24-11-13-28-14-12-24;/h3-6,17H,7-16H2,1-2H3,(H,22,23);1H. The number of benzene rings is 1. The van der Waals surface area contributed by atoms with Gasteiger partial charge < -0.3 is 19.7 Å². The highest BCUT2D eigenvalue weighted by Crippen LogP contribution is 2.19. The van der Waals surface area contributed by atoms with Crippen LogP contribution in [0.25, 0.3) is 0 Å². The van der Waals surface area contributed by atoms with E-state index >= 15 is 0 Å². The Morgan fingerprint density at radius 3 is 2.45 bits per heavy atom. The zero-order chi connectivity index (χ0) is 19.8. The summed E-state index contributed by atoms with van der Waals surface area (Å²) < 4.78 is 10.3. The Balaban J connectivity index is 0.00000300. The maximum atomic E-state index is 11.7. The third-order valence-corrected chi connectivity index (χ3v) is 5.59. The van der Waals surface area contributed by atoms with E-state index in [0.29, 0.717) is 0 Å². The molecule has 2 saturated heterocycles. The fourth-order valence-corrected chi connectivity index (χ4v) is 3.88. The van der Waals surface area contributed by atoms with Crippen molar-refractivity contribution in [3.8, 4) is 0 Å². The molecular formula is C21H33IN4O3. The molecule has 2 aliphatic heterocycles. The lowest BCUT2D eigenvalue weighted by atomic mass is 9.97. The van der Waals surface area contributed by atoms with Crippen LogP contribution >= 0.6 is 24.0 Å². The molecule has 1 N–H and O–H groups in total. The molecule has 1 aromatic rings. The lowest BCUT2D eigenvalue weighted by molar-refractivity contribution is -0.146. The minimum absolute atomic E-state index is 0. The second-order valence-corrected chi connectivity index (χ2v) is 7.34. The van der Waals surface area contributed by atoms with E-state index in [2.05, 4.69) is 44.4 Å². The molecule has 7 nitrogen and oxygen atoms in total. The molecule has 162 valence electrons. The molecule has 2 heterocycles. The first-order chi connectivity index (χ1) is 13.7. The van der Waals surface area contributed by atoms with Gasteiger partial charge >= 0.3 is 5.97 Å². The van der Waals surface area contributed by atoms with Gasteiger partial charge in [-0.2, -0.15) is 0 Å². The number of guanidine groups is 1. The SMILES string of the molecule is CN=C(NCc1ccccc1CN1CCOCC1)N1CCC(C(=O)OC)CC1.I. The number of ether oxygens (including phenoxy) is 2. The zero-order valence-corrected chi connectivity index (χ0v) is 19.8. The normalized spacial score (nSPS) is 18.8. The lowest BCUT2D eigenvalue weighted by Gasteiger charge is -2.33. The molecular weight excluding hydrogens is 483 g/mol. The van der Waals surface area contributed by atoms with Crippen molar-refractivity contribution in [2.75, 3.05) is 53.6 Å². The number of nitrogens with zero attached hydrogens (tertiary/aromatic N) is 3. The smallest absolute Gasteiger partial charge is 0.308 e. The number of hydrogen-bond acceptors (Lipinski definition) is 5. The van der Waals surface area contributed by atoms with Gasteiger partial charge in [0.05, 0.1) is 26.2 Å². The van der Waals surface area contributed by atoms with Crippen molar-refractivity contribution in [3.05, 3.63) is 35.4 Å². The van der Waals surface area contributed by atoms with Crippen LogP contribution in [0.1, 0.15) is 24.0 Å². The van der Waals surface area contributed by atoms with Gasteiger partial charge in [-0.3, -0.25) is 14.7 Å². The maximum Gasteiger partial charge on any atom is 0.308 e. The number of nitrogens with one attached hydrogen (secondary N) is 1. The number of rotatable bonds is 5. The van der Waals surface area contributed by atoms with Crippen molar-refractivity contribution in [3.63, 3.8) is 0 Å². The van der Waals surface area contributed by atoms with E-state index in [0.717, 1.165) is 71.3 Å². The van der Waals surface area contributed by atoms with E-state index in [1.165, 1.54) is 18.2 Å². The first-order valence-electron chi connectivity index (χ1n) is 10.1. The van der Waals surface area contributed by atoms with Gasteiger partial charge in [-0.1, -0.05) is 24.3 Å². The maximum absolute atomic E-state index is 11.7. The third kappa shape index (κ3) is 6.82. The summed E-state index contributed by atoms with van der Waals surface area (Å²) in [5.74, 6) is 0.803. The van der Waals surface area contributed by atoms with Crippen LogP contribution in [-0.2, 0) is 27.4 Å². The highest BCUT2D eigenvalue weighted by atomic mass is 127. The first kappa shape index (κ1) is 23.9. The molecule has 0 atom stereocenters. The number of morpholine rings is 1. The molecule has 8 heteroatoms. The summed E-state index contributed by atoms with van der Waals surface area (Å²) in [6.07, 6.45) is 1.61. The minimum Gasteiger partial charge on any atom is -0.469 e. The molecule has 0 aliphatic carbocycles. The summed E-state index contributed by atoms with van der Waals surface area (Å²) in [6, 6.07) is 8.58. The molecule has 0 amide bonds. The Hall–Kier alpha value is -1.39. The molecule has 2 fully saturated rings. The molecule has 29 heavy (non-hydrogen) atoms. The summed E-state index contributed by atoms with van der Waals surface area (Å²) in [5.41, 5.74) is 2.64. The van der Waals surface area contributed by atoms with E-state index in [1.54, 1.807) is 0 Å². The highest BCUT2D eigenvalue weighted by Gasteiger charge is 2.27. The van der Waals surface area contributed by atoms with Crippen molar-refractivity contribution in [2.24, 2.45) is 10.9 Å². The van der Waals surface area contributed by atoms with E-state index < -0.39 is 0 Å². The fourth-order valence-electron chi connectivity index (χ4n) is 3.88. The van der Waals surface area contributed by atoms with Crippen LogP contribution in [0.2, 0.25) is 0 Å². The van der Waals surface area contributed by atoms with Gasteiger partial charge in [-0.05, 0) is 24.0 Å². The highest BCUT2D eigenvalue weighted by molar-refractivity contribution is 14.0. The van der Waals surface area contributed by atoms with E-state index in [-0.39, 0.29) is 35.9 Å². The predicted octanol–water partition coefficient (Wildman–Crippen LogP) is 2.10. The number of esters is 1. The van der Waals surface area contributed by atoms with E-state index in [1.807, 2.05) is 7.05 Å². The number of aliphatic imine (C=N–C) groups is 1. The number of likely N-dealkylation sites (tertiary alicyclic amines) is 1. The van der Waals surface area contributed by atoms with Gasteiger partial charge in [-0.15, -0.1) is 24.0 Å². The summed E-state index contributed by atoms with van der Waals surface area (Å²) in [4.78, 5) is 20.8. The van der Waals surface area contributed by atoms with E-state index in [4.69, 9.17) is 9.47 Å². The number of piperidine rings is 1. The van der Waals surface area contributed by atoms with Crippen LogP contribution in [0, 0.1) is 5.92 Å². The predicted molar refractivity (Wildman–Crippen MR) is 124 cm³/mol. The first-order valence-corrected chi connectivity index (χ1v) is 10.1.